The molecule has 116 valence electrons. The summed E-state index contributed by atoms with van der Waals surface area (Å²) in [5.74, 6) is 0. The molecule has 2 heterocycles. The molecular formula is C13H22N5O3+. The van der Waals surface area contributed by atoms with E-state index >= 15 is 0 Å². The van der Waals surface area contributed by atoms with Crippen LogP contribution in [-0.2, 0) is 21.1 Å². The van der Waals surface area contributed by atoms with Crippen LogP contribution in [0.25, 0.3) is 11.2 Å². The van der Waals surface area contributed by atoms with Gasteiger partial charge >= 0.3 is 5.69 Å². The number of nitrogens with zero attached hydrogens (tertiary/aromatic N) is 4. The van der Waals surface area contributed by atoms with Gasteiger partial charge in [-0.2, -0.15) is 4.98 Å². The minimum Gasteiger partial charge on any atom is -0.464 e. The number of aryl methyl sites for hydroxylation is 2. The molecule has 0 aliphatic heterocycles. The van der Waals surface area contributed by atoms with Crippen LogP contribution in [0.15, 0.2) is 9.59 Å². The minimum absolute atomic E-state index is 0.346. The van der Waals surface area contributed by atoms with Crippen LogP contribution in [0.4, 0.5) is 0 Å². The quantitative estimate of drug-likeness (QED) is 0.641. The third-order valence-corrected chi connectivity index (χ3v) is 3.49. The fourth-order valence-corrected chi connectivity index (χ4v) is 2.22. The molecule has 0 spiro atoms. The second kappa shape index (κ2) is 5.72. The SMILES string of the molecule is Cn1c(=O)c2c(nc(OCCC[NH+](C)C)n2C)n(C)c1=O. The van der Waals surface area contributed by atoms with Gasteiger partial charge in [-0.1, -0.05) is 0 Å². The first kappa shape index (κ1) is 15.3. The minimum atomic E-state index is -0.395. The van der Waals surface area contributed by atoms with Gasteiger partial charge in [0.1, 0.15) is 0 Å². The van der Waals surface area contributed by atoms with Crippen molar-refractivity contribution >= 4 is 11.2 Å². The Morgan fingerprint density at radius 1 is 1.10 bits per heavy atom. The van der Waals surface area contributed by atoms with Crippen molar-refractivity contribution in [3.8, 4) is 6.01 Å². The molecule has 0 aromatic carbocycles. The van der Waals surface area contributed by atoms with Gasteiger partial charge in [0.05, 0.1) is 27.2 Å². The van der Waals surface area contributed by atoms with Crippen LogP contribution in [0.5, 0.6) is 6.01 Å². The molecule has 8 nitrogen and oxygen atoms in total. The first-order chi connectivity index (χ1) is 9.84. The molecule has 0 bridgehead atoms. The predicted octanol–water partition coefficient (Wildman–Crippen LogP) is -2.12. The maximum absolute atomic E-state index is 12.2. The van der Waals surface area contributed by atoms with Crippen LogP contribution in [0.1, 0.15) is 6.42 Å². The molecule has 2 aromatic rings. The van der Waals surface area contributed by atoms with Gasteiger partial charge in [-0.15, -0.1) is 0 Å². The van der Waals surface area contributed by atoms with Crippen LogP contribution < -0.4 is 20.9 Å². The first-order valence-corrected chi connectivity index (χ1v) is 6.89. The van der Waals surface area contributed by atoms with E-state index in [2.05, 4.69) is 19.1 Å². The fourth-order valence-electron chi connectivity index (χ4n) is 2.22. The van der Waals surface area contributed by atoms with E-state index in [-0.39, 0.29) is 5.56 Å². The molecule has 0 saturated heterocycles. The van der Waals surface area contributed by atoms with Crippen molar-refractivity contribution < 1.29 is 9.64 Å². The number of quaternary nitrogens is 1. The van der Waals surface area contributed by atoms with Crippen molar-refractivity contribution in [1.82, 2.24) is 18.7 Å². The average molecular weight is 296 g/mol. The number of hydrogen-bond donors (Lipinski definition) is 1. The number of hydrogen-bond acceptors (Lipinski definition) is 4. The molecule has 0 unspecified atom stereocenters. The Bertz CT molecular complexity index is 769. The summed E-state index contributed by atoms with van der Waals surface area (Å²) in [5, 5.41) is 0. The number of fused-ring (bicyclic) bond motifs is 1. The third-order valence-electron chi connectivity index (χ3n) is 3.49. The van der Waals surface area contributed by atoms with Crippen molar-refractivity contribution in [2.45, 2.75) is 6.42 Å². The Kier molecular flexibility index (Phi) is 4.17. The molecule has 0 saturated carbocycles. The van der Waals surface area contributed by atoms with E-state index in [0.29, 0.717) is 23.8 Å². The zero-order valence-corrected chi connectivity index (χ0v) is 13.1. The number of ether oxygens (including phenoxy) is 1. The van der Waals surface area contributed by atoms with E-state index in [1.54, 1.807) is 18.7 Å². The highest BCUT2D eigenvalue weighted by Gasteiger charge is 2.17. The fraction of sp³-hybridized carbons (Fsp3) is 0.615. The maximum Gasteiger partial charge on any atom is 0.332 e. The van der Waals surface area contributed by atoms with Crippen LogP contribution in [0.3, 0.4) is 0 Å². The molecule has 0 amide bonds. The second-order valence-corrected chi connectivity index (χ2v) is 5.49. The molecule has 1 N–H and O–H groups in total. The average Bonchev–Trinajstić information content (AvgIpc) is 2.76. The molecular weight excluding hydrogens is 274 g/mol. The second-order valence-electron chi connectivity index (χ2n) is 5.49. The van der Waals surface area contributed by atoms with Crippen LogP contribution in [-0.4, -0.2) is 45.9 Å². The van der Waals surface area contributed by atoms with Crippen LogP contribution in [0, 0.1) is 0 Å². The van der Waals surface area contributed by atoms with Gasteiger partial charge in [0.25, 0.3) is 11.6 Å². The lowest BCUT2D eigenvalue weighted by atomic mass is 10.4. The van der Waals surface area contributed by atoms with Crippen molar-refractivity contribution in [3.63, 3.8) is 0 Å². The van der Waals surface area contributed by atoms with E-state index in [9.17, 15) is 9.59 Å². The number of nitrogens with one attached hydrogen (secondary N) is 1. The van der Waals surface area contributed by atoms with E-state index in [0.717, 1.165) is 17.5 Å². The molecule has 0 atom stereocenters. The lowest BCUT2D eigenvalue weighted by Crippen LogP contribution is -3.05. The van der Waals surface area contributed by atoms with Crippen molar-refractivity contribution in [3.05, 3.63) is 20.8 Å². The zero-order valence-electron chi connectivity index (χ0n) is 13.1. The standard InChI is InChI=1S/C13H21N5O3/c1-15(2)7-6-8-21-12-14-10-9(16(12)3)11(19)18(5)13(20)17(10)4/h6-8H2,1-5H3/p+1. The molecule has 21 heavy (non-hydrogen) atoms. The monoisotopic (exact) mass is 296 g/mol. The van der Waals surface area contributed by atoms with Gasteiger partial charge in [0, 0.05) is 27.6 Å². The van der Waals surface area contributed by atoms with Crippen molar-refractivity contribution in [1.29, 1.82) is 0 Å². The lowest BCUT2D eigenvalue weighted by Gasteiger charge is -2.08. The number of rotatable bonds is 5. The first-order valence-electron chi connectivity index (χ1n) is 6.89. The highest BCUT2D eigenvalue weighted by Crippen LogP contribution is 2.15. The summed E-state index contributed by atoms with van der Waals surface area (Å²) >= 11 is 0. The van der Waals surface area contributed by atoms with Gasteiger partial charge in [-0.25, -0.2) is 4.79 Å². The molecule has 8 heteroatoms. The van der Waals surface area contributed by atoms with E-state index < -0.39 is 5.69 Å². The molecule has 0 aliphatic rings. The molecule has 0 aliphatic carbocycles. The van der Waals surface area contributed by atoms with Gasteiger partial charge in [-0.3, -0.25) is 18.5 Å². The number of imidazole rings is 1. The molecule has 0 radical (unpaired) electrons. The van der Waals surface area contributed by atoms with E-state index in [1.165, 1.54) is 16.5 Å². The van der Waals surface area contributed by atoms with Gasteiger partial charge in [-0.05, 0) is 0 Å². The van der Waals surface area contributed by atoms with E-state index in [1.807, 2.05) is 0 Å². The summed E-state index contributed by atoms with van der Waals surface area (Å²) in [5.41, 5.74) is -0.0456. The van der Waals surface area contributed by atoms with Crippen molar-refractivity contribution in [2.75, 3.05) is 27.2 Å². The Morgan fingerprint density at radius 2 is 1.76 bits per heavy atom. The summed E-state index contributed by atoms with van der Waals surface area (Å²) in [6, 6.07) is 0.358. The Labute approximate surface area is 122 Å². The maximum atomic E-state index is 12.2. The van der Waals surface area contributed by atoms with Crippen LogP contribution >= 0.6 is 0 Å². The zero-order chi connectivity index (χ0) is 15.7. The van der Waals surface area contributed by atoms with E-state index in [4.69, 9.17) is 4.74 Å². The molecule has 2 rings (SSSR count). The third kappa shape index (κ3) is 2.71. The summed E-state index contributed by atoms with van der Waals surface area (Å²) < 4.78 is 9.66. The lowest BCUT2D eigenvalue weighted by molar-refractivity contribution is -0.858. The Hall–Kier alpha value is -2.09. The Morgan fingerprint density at radius 3 is 2.38 bits per heavy atom. The molecule has 2 aromatic heterocycles. The molecule has 0 fully saturated rings. The largest absolute Gasteiger partial charge is 0.464 e. The summed E-state index contributed by atoms with van der Waals surface area (Å²) in [6.45, 7) is 1.51. The smallest absolute Gasteiger partial charge is 0.332 e. The summed E-state index contributed by atoms with van der Waals surface area (Å²) in [7, 11) is 8.92. The highest BCUT2D eigenvalue weighted by atomic mass is 16.5. The van der Waals surface area contributed by atoms with Crippen molar-refractivity contribution in [2.24, 2.45) is 21.1 Å². The van der Waals surface area contributed by atoms with Gasteiger partial charge in [0.15, 0.2) is 11.2 Å². The topological polar surface area (TPSA) is 75.5 Å². The van der Waals surface area contributed by atoms with Gasteiger partial charge < -0.3 is 9.64 Å². The summed E-state index contributed by atoms with van der Waals surface area (Å²) in [4.78, 5) is 29.7. The Balaban J connectivity index is 2.38. The van der Waals surface area contributed by atoms with Crippen LogP contribution in [0.2, 0.25) is 0 Å². The normalized spacial score (nSPS) is 11.5. The highest BCUT2D eigenvalue weighted by molar-refractivity contribution is 5.71. The van der Waals surface area contributed by atoms with Gasteiger partial charge in [0.2, 0.25) is 0 Å². The summed E-state index contributed by atoms with van der Waals surface area (Å²) in [6.07, 6.45) is 0.891. The number of aromatic nitrogens is 4. The predicted molar refractivity (Wildman–Crippen MR) is 79.0 cm³/mol.